The number of hydrogen-bond donors (Lipinski definition) is 0. The van der Waals surface area contributed by atoms with Crippen molar-refractivity contribution in [3.8, 4) is 11.1 Å². The van der Waals surface area contributed by atoms with Gasteiger partial charge < -0.3 is 0 Å². The molecule has 22 heavy (non-hydrogen) atoms. The molecule has 2 aliphatic carbocycles. The lowest BCUT2D eigenvalue weighted by Gasteiger charge is -2.22. The molecule has 0 radical (unpaired) electrons. The van der Waals surface area contributed by atoms with E-state index in [1.807, 2.05) is 0 Å². The minimum absolute atomic E-state index is 0.0902. The molecule has 0 N–H and O–H groups in total. The van der Waals surface area contributed by atoms with Gasteiger partial charge in [-0.25, -0.2) is 0 Å². The van der Waals surface area contributed by atoms with Crippen LogP contribution in [0.5, 0.6) is 0 Å². The second-order valence-corrected chi connectivity index (χ2v) is 7.98. The van der Waals surface area contributed by atoms with E-state index in [0.29, 0.717) is 0 Å². The Bertz CT molecular complexity index is 822. The van der Waals surface area contributed by atoms with Gasteiger partial charge in [0.15, 0.2) is 0 Å². The van der Waals surface area contributed by atoms with Crippen LogP contribution in [0.4, 0.5) is 0 Å². The summed E-state index contributed by atoms with van der Waals surface area (Å²) in [4.78, 5) is 0. The molecule has 0 aliphatic heterocycles. The lowest BCUT2D eigenvalue weighted by atomic mass is 9.81. The Balaban J connectivity index is 1.89. The van der Waals surface area contributed by atoms with Gasteiger partial charge in [-0.1, -0.05) is 50.3 Å². The second-order valence-electron chi connectivity index (χ2n) is 6.73. The molecule has 1 heteroatoms. The molecule has 0 aromatic heterocycles. The van der Waals surface area contributed by atoms with Gasteiger partial charge in [0, 0.05) is 8.99 Å². The lowest BCUT2D eigenvalue weighted by Crippen LogP contribution is -2.15. The van der Waals surface area contributed by atoms with Crippen molar-refractivity contribution < 1.29 is 0 Å². The predicted octanol–water partition coefficient (Wildman–Crippen LogP) is 6.33. The van der Waals surface area contributed by atoms with Crippen LogP contribution in [-0.2, 0) is 5.41 Å². The highest BCUT2D eigenvalue weighted by atomic mass is 127. The van der Waals surface area contributed by atoms with Crippen LogP contribution in [0.2, 0.25) is 0 Å². The maximum absolute atomic E-state index is 2.42. The smallest absolute Gasteiger partial charge is 0.0159 e. The van der Waals surface area contributed by atoms with Gasteiger partial charge >= 0.3 is 0 Å². The summed E-state index contributed by atoms with van der Waals surface area (Å²) in [7, 11) is 0. The van der Waals surface area contributed by atoms with Crippen LogP contribution in [0.25, 0.3) is 16.7 Å². The molecule has 0 bridgehead atoms. The Morgan fingerprint density at radius 1 is 0.955 bits per heavy atom. The van der Waals surface area contributed by atoms with Gasteiger partial charge in [-0.15, -0.1) is 0 Å². The Labute approximate surface area is 146 Å². The zero-order valence-electron chi connectivity index (χ0n) is 13.0. The van der Waals surface area contributed by atoms with Crippen molar-refractivity contribution in [1.82, 2.24) is 0 Å². The number of halogens is 1. The molecular formula is C21H19I. The highest BCUT2D eigenvalue weighted by molar-refractivity contribution is 14.1. The summed E-state index contributed by atoms with van der Waals surface area (Å²) >= 11 is 2.41. The van der Waals surface area contributed by atoms with Crippen molar-refractivity contribution in [1.29, 1.82) is 0 Å². The molecule has 0 unspecified atom stereocenters. The fraction of sp³-hybridized carbons (Fsp3) is 0.238. The molecule has 0 nitrogen and oxygen atoms in total. The minimum atomic E-state index is 0.0902. The molecule has 4 rings (SSSR count). The first-order valence-electron chi connectivity index (χ1n) is 7.88. The highest BCUT2D eigenvalue weighted by Crippen LogP contribution is 2.49. The molecule has 0 atom stereocenters. The monoisotopic (exact) mass is 398 g/mol. The van der Waals surface area contributed by atoms with Crippen LogP contribution in [0, 0.1) is 3.57 Å². The summed E-state index contributed by atoms with van der Waals surface area (Å²) in [5, 5.41) is 0. The quantitative estimate of drug-likeness (QED) is 0.493. The van der Waals surface area contributed by atoms with Gasteiger partial charge in [-0.2, -0.15) is 0 Å². The number of allylic oxidation sites excluding steroid dienone is 4. The third-order valence-corrected chi connectivity index (χ3v) is 5.69. The SMILES string of the molecule is CC1(C)c2cc(I)ccc2-c2ccc(C3=CC=CCC3)cc21. The third kappa shape index (κ3) is 2.10. The van der Waals surface area contributed by atoms with E-state index in [9.17, 15) is 0 Å². The predicted molar refractivity (Wildman–Crippen MR) is 103 cm³/mol. The summed E-state index contributed by atoms with van der Waals surface area (Å²) in [6.45, 7) is 4.71. The van der Waals surface area contributed by atoms with Crippen molar-refractivity contribution in [2.24, 2.45) is 0 Å². The zero-order chi connectivity index (χ0) is 15.3. The normalized spacial score (nSPS) is 17.9. The van der Waals surface area contributed by atoms with Crippen molar-refractivity contribution in [3.63, 3.8) is 0 Å². The number of fused-ring (bicyclic) bond motifs is 3. The van der Waals surface area contributed by atoms with E-state index in [-0.39, 0.29) is 5.41 Å². The van der Waals surface area contributed by atoms with Gasteiger partial charge in [0.2, 0.25) is 0 Å². The second kappa shape index (κ2) is 5.09. The first-order chi connectivity index (χ1) is 10.6. The van der Waals surface area contributed by atoms with Crippen molar-refractivity contribution >= 4 is 28.2 Å². The summed E-state index contributed by atoms with van der Waals surface area (Å²) in [5.74, 6) is 0. The molecule has 0 spiro atoms. The summed E-state index contributed by atoms with van der Waals surface area (Å²) in [5.41, 5.74) is 8.69. The Morgan fingerprint density at radius 2 is 1.68 bits per heavy atom. The molecule has 110 valence electrons. The van der Waals surface area contributed by atoms with E-state index < -0.39 is 0 Å². The van der Waals surface area contributed by atoms with Crippen molar-refractivity contribution in [2.45, 2.75) is 32.1 Å². The topological polar surface area (TPSA) is 0 Å². The van der Waals surface area contributed by atoms with E-state index in [4.69, 9.17) is 0 Å². The summed E-state index contributed by atoms with van der Waals surface area (Å²) < 4.78 is 1.32. The van der Waals surface area contributed by atoms with Crippen molar-refractivity contribution in [2.75, 3.05) is 0 Å². The standard InChI is InChI=1S/C21H19I/c1-21(2)19-12-15(14-6-4-3-5-7-14)8-10-17(19)18-11-9-16(22)13-20(18)21/h3-4,6,8-13H,5,7H2,1-2H3. The fourth-order valence-corrected chi connectivity index (χ4v) is 4.24. The zero-order valence-corrected chi connectivity index (χ0v) is 15.1. The molecule has 0 saturated carbocycles. The molecule has 2 aromatic carbocycles. The summed E-state index contributed by atoms with van der Waals surface area (Å²) in [6.07, 6.45) is 9.02. The van der Waals surface area contributed by atoms with Gasteiger partial charge in [-0.05, 0) is 87.0 Å². The molecule has 2 aliphatic rings. The van der Waals surface area contributed by atoms with E-state index in [2.05, 4.69) is 91.1 Å². The van der Waals surface area contributed by atoms with Gasteiger partial charge in [0.25, 0.3) is 0 Å². The van der Waals surface area contributed by atoms with Gasteiger partial charge in [0.1, 0.15) is 0 Å². The number of benzene rings is 2. The number of rotatable bonds is 1. The number of hydrogen-bond acceptors (Lipinski definition) is 0. The van der Waals surface area contributed by atoms with Crippen molar-refractivity contribution in [3.05, 3.63) is 74.9 Å². The van der Waals surface area contributed by atoms with Crippen LogP contribution < -0.4 is 0 Å². The largest absolute Gasteiger partial charge is 0.0842 e. The Kier molecular flexibility index (Phi) is 3.30. The van der Waals surface area contributed by atoms with E-state index in [1.165, 1.54) is 37.0 Å². The maximum atomic E-state index is 2.42. The first-order valence-corrected chi connectivity index (χ1v) is 8.96. The molecule has 0 amide bonds. The average Bonchev–Trinajstić information content (AvgIpc) is 2.76. The van der Waals surface area contributed by atoms with Crippen LogP contribution in [0.1, 0.15) is 43.4 Å². The lowest BCUT2D eigenvalue weighted by molar-refractivity contribution is 0.659. The molecular weight excluding hydrogens is 379 g/mol. The molecule has 2 aromatic rings. The average molecular weight is 398 g/mol. The van der Waals surface area contributed by atoms with Crippen LogP contribution in [0.15, 0.2) is 54.6 Å². The fourth-order valence-electron chi connectivity index (χ4n) is 3.75. The van der Waals surface area contributed by atoms with E-state index >= 15 is 0 Å². The highest BCUT2D eigenvalue weighted by Gasteiger charge is 2.35. The summed E-state index contributed by atoms with van der Waals surface area (Å²) in [6, 6.07) is 13.9. The van der Waals surface area contributed by atoms with Crippen LogP contribution >= 0.6 is 22.6 Å². The van der Waals surface area contributed by atoms with Gasteiger partial charge in [0.05, 0.1) is 0 Å². The first kappa shape index (κ1) is 14.3. The minimum Gasteiger partial charge on any atom is -0.0842 e. The maximum Gasteiger partial charge on any atom is 0.0159 e. The van der Waals surface area contributed by atoms with Crippen LogP contribution in [0.3, 0.4) is 0 Å². The Morgan fingerprint density at radius 3 is 2.41 bits per heavy atom. The van der Waals surface area contributed by atoms with Crippen LogP contribution in [-0.4, -0.2) is 0 Å². The van der Waals surface area contributed by atoms with Gasteiger partial charge in [-0.3, -0.25) is 0 Å². The third-order valence-electron chi connectivity index (χ3n) is 5.02. The van der Waals surface area contributed by atoms with E-state index in [1.54, 1.807) is 0 Å². The van der Waals surface area contributed by atoms with E-state index in [0.717, 1.165) is 12.8 Å². The molecule has 0 fully saturated rings. The molecule has 0 heterocycles. The molecule has 0 saturated heterocycles. The Hall–Kier alpha value is -1.35.